The molecular weight excluding hydrogens is 277 g/mol. The summed E-state index contributed by atoms with van der Waals surface area (Å²) in [5, 5.41) is 17.8. The molecule has 2 atom stereocenters. The summed E-state index contributed by atoms with van der Waals surface area (Å²) in [6.07, 6.45) is 1.000. The molecule has 0 amide bonds. The summed E-state index contributed by atoms with van der Waals surface area (Å²) in [6, 6.07) is 4.60. The molecule has 0 spiro atoms. The minimum Gasteiger partial charge on any atom is -0.481 e. The van der Waals surface area contributed by atoms with Crippen molar-refractivity contribution in [2.24, 2.45) is 5.92 Å². The lowest BCUT2D eigenvalue weighted by Gasteiger charge is -2.20. The highest BCUT2D eigenvalue weighted by molar-refractivity contribution is 7.53. The number of carboxylic acids is 2. The van der Waals surface area contributed by atoms with Gasteiger partial charge in [-0.25, -0.2) is 0 Å². The van der Waals surface area contributed by atoms with Crippen molar-refractivity contribution in [1.29, 1.82) is 0 Å². The van der Waals surface area contributed by atoms with Crippen LogP contribution in [-0.2, 0) is 20.6 Å². The fourth-order valence-corrected chi connectivity index (χ4v) is 2.62. The van der Waals surface area contributed by atoms with Crippen LogP contribution in [0.3, 0.4) is 0 Å². The van der Waals surface area contributed by atoms with Crippen LogP contribution >= 0.6 is 7.60 Å². The smallest absolute Gasteiger partial charge is 0.340 e. The molecule has 2 unspecified atom stereocenters. The van der Waals surface area contributed by atoms with Gasteiger partial charge in [0.2, 0.25) is 0 Å². The van der Waals surface area contributed by atoms with Crippen LogP contribution in [-0.4, -0.2) is 42.6 Å². The zero-order valence-electron chi connectivity index (χ0n) is 9.58. The second-order valence-corrected chi connectivity index (χ2v) is 5.58. The number of hydrogen-bond acceptors (Lipinski definition) is 4. The van der Waals surface area contributed by atoms with Crippen molar-refractivity contribution >= 4 is 19.5 Å². The molecule has 0 radical (unpaired) electrons. The molecule has 0 fully saturated rings. The van der Waals surface area contributed by atoms with Crippen molar-refractivity contribution in [2.45, 2.75) is 12.1 Å². The Morgan fingerprint density at radius 2 is 1.84 bits per heavy atom. The molecule has 0 aliphatic rings. The third-order valence-electron chi connectivity index (χ3n) is 2.47. The van der Waals surface area contributed by atoms with E-state index in [1.165, 1.54) is 12.3 Å². The van der Waals surface area contributed by atoms with Crippen LogP contribution in [0.4, 0.5) is 0 Å². The Morgan fingerprint density at radius 3 is 2.21 bits per heavy atom. The van der Waals surface area contributed by atoms with E-state index in [9.17, 15) is 14.2 Å². The molecule has 0 aliphatic carbocycles. The summed E-state index contributed by atoms with van der Waals surface area (Å²) in [5.41, 5.74) is -2.05. The Labute approximate surface area is 107 Å². The maximum atomic E-state index is 11.1. The lowest BCUT2D eigenvalue weighted by molar-refractivity contribution is -0.148. The number of rotatable bonds is 6. The molecule has 19 heavy (non-hydrogen) atoms. The van der Waals surface area contributed by atoms with E-state index in [1.54, 1.807) is 12.1 Å². The van der Waals surface area contributed by atoms with E-state index < -0.39 is 31.1 Å². The third kappa shape index (κ3) is 4.13. The Hall–Kier alpha value is -1.76. The van der Waals surface area contributed by atoms with E-state index in [-0.39, 0.29) is 12.1 Å². The summed E-state index contributed by atoms with van der Waals surface area (Å²) in [5.74, 6) is -5.20. The highest BCUT2D eigenvalue weighted by Gasteiger charge is 2.46. The van der Waals surface area contributed by atoms with Gasteiger partial charge in [-0.05, 0) is 12.1 Å². The summed E-state index contributed by atoms with van der Waals surface area (Å²) in [7, 11) is -5.09. The minimum atomic E-state index is -5.09. The van der Waals surface area contributed by atoms with Gasteiger partial charge in [-0.15, -0.1) is 0 Å². The number of hydrogen-bond donors (Lipinski definition) is 4. The van der Waals surface area contributed by atoms with E-state index in [1.807, 2.05) is 0 Å². The molecular formula is C10H12NO7P. The molecule has 1 aromatic rings. The molecule has 1 heterocycles. The first-order valence-electron chi connectivity index (χ1n) is 5.14. The summed E-state index contributed by atoms with van der Waals surface area (Å²) < 4.78 is 11.1. The van der Waals surface area contributed by atoms with Gasteiger partial charge in [0.25, 0.3) is 0 Å². The first kappa shape index (κ1) is 15.3. The van der Waals surface area contributed by atoms with Crippen LogP contribution in [0.25, 0.3) is 0 Å². The molecule has 104 valence electrons. The van der Waals surface area contributed by atoms with Gasteiger partial charge < -0.3 is 20.0 Å². The van der Waals surface area contributed by atoms with Gasteiger partial charge in [0.1, 0.15) is 0 Å². The zero-order valence-corrected chi connectivity index (χ0v) is 10.5. The first-order chi connectivity index (χ1) is 8.73. The summed E-state index contributed by atoms with van der Waals surface area (Å²) >= 11 is 0. The number of nitrogens with zero attached hydrogens (tertiary/aromatic N) is 1. The van der Waals surface area contributed by atoms with Crippen LogP contribution < -0.4 is 0 Å². The third-order valence-corrected chi connectivity index (χ3v) is 3.77. The first-order valence-corrected chi connectivity index (χ1v) is 6.82. The van der Waals surface area contributed by atoms with Gasteiger partial charge in [0.05, 0.1) is 5.92 Å². The molecule has 9 heteroatoms. The highest BCUT2D eigenvalue weighted by atomic mass is 31.2. The van der Waals surface area contributed by atoms with Crippen LogP contribution in [0.5, 0.6) is 0 Å². The van der Waals surface area contributed by atoms with Crippen molar-refractivity contribution in [2.75, 3.05) is 0 Å². The standard InChI is InChI=1S/C10H12NO7P/c12-9(13)7(5-6-3-1-2-4-11-6)8(10(14)15)19(16,17)18/h1-4,7-8H,5H2,(H,12,13)(H,14,15)(H2,16,17,18). The molecule has 0 aliphatic heterocycles. The van der Waals surface area contributed by atoms with Crippen LogP contribution in [0.1, 0.15) is 5.69 Å². The topological polar surface area (TPSA) is 145 Å². The number of aliphatic carboxylic acids is 2. The maximum absolute atomic E-state index is 11.1. The predicted molar refractivity (Wildman–Crippen MR) is 62.5 cm³/mol. The van der Waals surface area contributed by atoms with Crippen molar-refractivity contribution in [3.8, 4) is 0 Å². The summed E-state index contributed by atoms with van der Waals surface area (Å²) in [6.45, 7) is 0. The minimum absolute atomic E-state index is 0.245. The van der Waals surface area contributed by atoms with Crippen LogP contribution in [0, 0.1) is 5.92 Å². The van der Waals surface area contributed by atoms with E-state index in [0.29, 0.717) is 0 Å². The molecule has 0 saturated heterocycles. The predicted octanol–water partition coefficient (Wildman–Crippen LogP) is -0.0442. The molecule has 0 saturated carbocycles. The molecule has 1 aromatic heterocycles. The highest BCUT2D eigenvalue weighted by Crippen LogP contribution is 2.45. The fourth-order valence-electron chi connectivity index (χ4n) is 1.63. The van der Waals surface area contributed by atoms with Crippen molar-refractivity contribution in [1.82, 2.24) is 4.98 Å². The van der Waals surface area contributed by atoms with Crippen LogP contribution in [0.15, 0.2) is 24.4 Å². The average Bonchev–Trinajstić information content (AvgIpc) is 2.27. The average molecular weight is 289 g/mol. The number of aromatic nitrogens is 1. The summed E-state index contributed by atoms with van der Waals surface area (Å²) in [4.78, 5) is 43.8. The molecule has 0 bridgehead atoms. The van der Waals surface area contributed by atoms with E-state index >= 15 is 0 Å². The van der Waals surface area contributed by atoms with Gasteiger partial charge >= 0.3 is 19.5 Å². The molecule has 1 rings (SSSR count). The van der Waals surface area contributed by atoms with E-state index in [0.717, 1.165) is 0 Å². The second-order valence-electron chi connectivity index (χ2n) is 3.84. The van der Waals surface area contributed by atoms with Gasteiger partial charge in [0, 0.05) is 18.3 Å². The van der Waals surface area contributed by atoms with Gasteiger partial charge in [-0.1, -0.05) is 6.07 Å². The quantitative estimate of drug-likeness (QED) is 0.533. The maximum Gasteiger partial charge on any atom is 0.340 e. The number of pyridine rings is 1. The Kier molecular flexibility index (Phi) is 4.77. The normalized spacial score (nSPS) is 14.6. The van der Waals surface area contributed by atoms with Crippen molar-refractivity contribution in [3.05, 3.63) is 30.1 Å². The molecule has 0 aromatic carbocycles. The monoisotopic (exact) mass is 289 g/mol. The lowest BCUT2D eigenvalue weighted by Crippen LogP contribution is -2.36. The van der Waals surface area contributed by atoms with Gasteiger partial charge in [0.15, 0.2) is 5.66 Å². The number of carboxylic acid groups (broad SMARTS) is 2. The molecule has 8 nitrogen and oxygen atoms in total. The Balaban J connectivity index is 3.09. The molecule has 4 N–H and O–H groups in total. The van der Waals surface area contributed by atoms with E-state index in [4.69, 9.17) is 20.0 Å². The number of carbonyl (C=O) groups is 2. The lowest BCUT2D eigenvalue weighted by atomic mass is 9.99. The van der Waals surface area contributed by atoms with Gasteiger partial charge in [-0.3, -0.25) is 19.1 Å². The van der Waals surface area contributed by atoms with Crippen LogP contribution in [0.2, 0.25) is 0 Å². The second kappa shape index (κ2) is 5.92. The fraction of sp³-hybridized carbons (Fsp3) is 0.300. The van der Waals surface area contributed by atoms with Crippen molar-refractivity contribution < 1.29 is 34.2 Å². The largest absolute Gasteiger partial charge is 0.481 e. The Morgan fingerprint density at radius 1 is 1.21 bits per heavy atom. The zero-order chi connectivity index (χ0) is 14.6. The SMILES string of the molecule is O=C(O)C(Cc1ccccn1)C(C(=O)O)P(=O)(O)O. The van der Waals surface area contributed by atoms with Crippen molar-refractivity contribution in [3.63, 3.8) is 0 Å². The Bertz CT molecular complexity index is 512. The van der Waals surface area contributed by atoms with Gasteiger partial charge in [-0.2, -0.15) is 0 Å². The van der Waals surface area contributed by atoms with E-state index in [2.05, 4.69) is 4.98 Å².